The standard InChI is InChI=1S/C17H30N2O2.ClH/c20-17(6-5-14-7-10-18-13-14)19-11-8-16(9-12-19)21-15-3-1-2-4-15;/h14-16,18H,1-13H2;1H. The van der Waals surface area contributed by atoms with E-state index in [-0.39, 0.29) is 12.4 Å². The van der Waals surface area contributed by atoms with Gasteiger partial charge in [-0.15, -0.1) is 12.4 Å². The van der Waals surface area contributed by atoms with Crippen LogP contribution in [0.2, 0.25) is 0 Å². The largest absolute Gasteiger partial charge is 0.375 e. The Hall–Kier alpha value is -0.320. The molecule has 22 heavy (non-hydrogen) atoms. The summed E-state index contributed by atoms with van der Waals surface area (Å²) in [7, 11) is 0. The molecular weight excluding hydrogens is 300 g/mol. The van der Waals surface area contributed by atoms with E-state index in [0.29, 0.717) is 18.1 Å². The number of ether oxygens (including phenoxy) is 1. The van der Waals surface area contributed by atoms with Crippen molar-refractivity contribution in [1.29, 1.82) is 0 Å². The summed E-state index contributed by atoms with van der Waals surface area (Å²) in [6.45, 7) is 4.03. The highest BCUT2D eigenvalue weighted by Crippen LogP contribution is 2.25. The summed E-state index contributed by atoms with van der Waals surface area (Å²) in [5.41, 5.74) is 0. The molecule has 4 nitrogen and oxygen atoms in total. The smallest absolute Gasteiger partial charge is 0.222 e. The van der Waals surface area contributed by atoms with Gasteiger partial charge in [-0.3, -0.25) is 4.79 Å². The monoisotopic (exact) mass is 330 g/mol. The molecule has 0 aromatic heterocycles. The third kappa shape index (κ3) is 5.10. The van der Waals surface area contributed by atoms with Gasteiger partial charge in [0.2, 0.25) is 5.91 Å². The minimum atomic E-state index is 0. The van der Waals surface area contributed by atoms with Crippen LogP contribution in [0.5, 0.6) is 0 Å². The van der Waals surface area contributed by atoms with Gasteiger partial charge in [-0.25, -0.2) is 0 Å². The summed E-state index contributed by atoms with van der Waals surface area (Å²) in [6.07, 6.45) is 11.2. The quantitative estimate of drug-likeness (QED) is 0.842. The Kier molecular flexibility index (Phi) is 7.45. The molecule has 1 atom stereocenters. The number of carbonyl (C=O) groups is 1. The van der Waals surface area contributed by atoms with Gasteiger partial charge >= 0.3 is 0 Å². The summed E-state index contributed by atoms with van der Waals surface area (Å²) in [4.78, 5) is 14.3. The van der Waals surface area contributed by atoms with Crippen molar-refractivity contribution in [2.75, 3.05) is 26.2 Å². The molecule has 3 aliphatic rings. The fraction of sp³-hybridized carbons (Fsp3) is 0.941. The van der Waals surface area contributed by atoms with E-state index in [2.05, 4.69) is 10.2 Å². The number of rotatable bonds is 5. The number of hydrogen-bond donors (Lipinski definition) is 1. The van der Waals surface area contributed by atoms with Gasteiger partial charge in [0.05, 0.1) is 12.2 Å². The molecule has 3 rings (SSSR count). The van der Waals surface area contributed by atoms with Crippen LogP contribution in [0.3, 0.4) is 0 Å². The molecule has 0 bridgehead atoms. The number of halogens is 1. The minimum Gasteiger partial charge on any atom is -0.375 e. The topological polar surface area (TPSA) is 41.6 Å². The molecule has 5 heteroatoms. The fourth-order valence-electron chi connectivity index (χ4n) is 3.98. The molecule has 3 fully saturated rings. The van der Waals surface area contributed by atoms with Gasteiger partial charge in [0, 0.05) is 19.5 Å². The Bertz CT molecular complexity index is 334. The van der Waals surface area contributed by atoms with Crippen molar-refractivity contribution in [3.05, 3.63) is 0 Å². The number of carbonyl (C=O) groups excluding carboxylic acids is 1. The Morgan fingerprint density at radius 2 is 1.73 bits per heavy atom. The first-order valence-electron chi connectivity index (χ1n) is 8.95. The predicted molar refractivity (Wildman–Crippen MR) is 90.4 cm³/mol. The number of nitrogens with zero attached hydrogens (tertiary/aromatic N) is 1. The van der Waals surface area contributed by atoms with E-state index >= 15 is 0 Å². The highest BCUT2D eigenvalue weighted by Gasteiger charge is 2.27. The van der Waals surface area contributed by atoms with Crippen molar-refractivity contribution in [2.45, 2.75) is 70.0 Å². The Morgan fingerprint density at radius 1 is 1.05 bits per heavy atom. The maximum atomic E-state index is 12.3. The molecule has 1 saturated carbocycles. The highest BCUT2D eigenvalue weighted by molar-refractivity contribution is 5.85. The van der Waals surface area contributed by atoms with Crippen LogP contribution >= 0.6 is 12.4 Å². The number of amides is 1. The lowest BCUT2D eigenvalue weighted by molar-refractivity contribution is -0.134. The van der Waals surface area contributed by atoms with Crippen LogP contribution in [0.15, 0.2) is 0 Å². The molecule has 0 spiro atoms. The van der Waals surface area contributed by atoms with Crippen LogP contribution in [-0.2, 0) is 9.53 Å². The average molecular weight is 331 g/mol. The summed E-state index contributed by atoms with van der Waals surface area (Å²) in [6, 6.07) is 0. The van der Waals surface area contributed by atoms with Gasteiger partial charge in [0.25, 0.3) is 0 Å². The van der Waals surface area contributed by atoms with Crippen LogP contribution in [0, 0.1) is 5.92 Å². The van der Waals surface area contributed by atoms with Crippen LogP contribution in [0.1, 0.15) is 57.8 Å². The van der Waals surface area contributed by atoms with Gasteiger partial charge in [0.15, 0.2) is 0 Å². The van der Waals surface area contributed by atoms with Gasteiger partial charge in [0.1, 0.15) is 0 Å². The van der Waals surface area contributed by atoms with E-state index in [4.69, 9.17) is 4.74 Å². The number of piperidine rings is 1. The van der Waals surface area contributed by atoms with Crippen molar-refractivity contribution in [3.63, 3.8) is 0 Å². The Morgan fingerprint density at radius 3 is 2.36 bits per heavy atom. The van der Waals surface area contributed by atoms with Crippen molar-refractivity contribution in [1.82, 2.24) is 10.2 Å². The van der Waals surface area contributed by atoms with Gasteiger partial charge in [-0.05, 0) is 57.5 Å². The van der Waals surface area contributed by atoms with Crippen LogP contribution in [0.4, 0.5) is 0 Å². The molecule has 0 aromatic rings. The normalized spacial score (nSPS) is 27.1. The molecular formula is C17H31ClN2O2. The summed E-state index contributed by atoms with van der Waals surface area (Å²) in [5, 5.41) is 3.37. The number of hydrogen-bond acceptors (Lipinski definition) is 3. The number of nitrogens with one attached hydrogen (secondary N) is 1. The van der Waals surface area contributed by atoms with E-state index in [9.17, 15) is 4.79 Å². The maximum absolute atomic E-state index is 12.3. The summed E-state index contributed by atoms with van der Waals surface area (Å²) in [5.74, 6) is 1.08. The molecule has 2 heterocycles. The van der Waals surface area contributed by atoms with Crippen molar-refractivity contribution >= 4 is 18.3 Å². The second-order valence-corrected chi connectivity index (χ2v) is 7.02. The van der Waals surface area contributed by atoms with Gasteiger partial charge in [-0.1, -0.05) is 12.8 Å². The molecule has 0 aromatic carbocycles. The van der Waals surface area contributed by atoms with Crippen molar-refractivity contribution in [3.8, 4) is 0 Å². The Labute approximate surface area is 140 Å². The molecule has 2 saturated heterocycles. The van der Waals surface area contributed by atoms with E-state index in [1.807, 2.05) is 0 Å². The van der Waals surface area contributed by atoms with Crippen LogP contribution < -0.4 is 5.32 Å². The van der Waals surface area contributed by atoms with Gasteiger partial charge < -0.3 is 15.0 Å². The van der Waals surface area contributed by atoms with Gasteiger partial charge in [-0.2, -0.15) is 0 Å². The lowest BCUT2D eigenvalue weighted by atomic mass is 10.0. The van der Waals surface area contributed by atoms with E-state index in [1.165, 1.54) is 32.1 Å². The van der Waals surface area contributed by atoms with E-state index < -0.39 is 0 Å². The van der Waals surface area contributed by atoms with Crippen molar-refractivity contribution < 1.29 is 9.53 Å². The van der Waals surface area contributed by atoms with Crippen molar-refractivity contribution in [2.24, 2.45) is 5.92 Å². The maximum Gasteiger partial charge on any atom is 0.222 e. The highest BCUT2D eigenvalue weighted by atomic mass is 35.5. The first-order chi connectivity index (χ1) is 10.3. The first-order valence-corrected chi connectivity index (χ1v) is 8.95. The van der Waals surface area contributed by atoms with Crippen LogP contribution in [-0.4, -0.2) is 49.2 Å². The lowest BCUT2D eigenvalue weighted by Gasteiger charge is -2.33. The predicted octanol–water partition coefficient (Wildman–Crippen LogP) is 2.75. The third-order valence-corrected chi connectivity index (χ3v) is 5.41. The average Bonchev–Trinajstić information content (AvgIpc) is 3.19. The van der Waals surface area contributed by atoms with Crippen LogP contribution in [0.25, 0.3) is 0 Å². The third-order valence-electron chi connectivity index (χ3n) is 5.41. The first kappa shape index (κ1) is 18.0. The SMILES string of the molecule is Cl.O=C(CCC1CCNC1)N1CCC(OC2CCCC2)CC1. The minimum absolute atomic E-state index is 0. The zero-order valence-corrected chi connectivity index (χ0v) is 14.4. The second-order valence-electron chi connectivity index (χ2n) is 7.02. The molecule has 1 aliphatic carbocycles. The lowest BCUT2D eigenvalue weighted by Crippen LogP contribution is -2.41. The number of likely N-dealkylation sites (tertiary alicyclic amines) is 1. The second kappa shape index (κ2) is 9.09. The Balaban J connectivity index is 0.00000176. The van der Waals surface area contributed by atoms with E-state index in [0.717, 1.165) is 57.8 Å². The summed E-state index contributed by atoms with van der Waals surface area (Å²) >= 11 is 0. The molecule has 2 aliphatic heterocycles. The zero-order valence-electron chi connectivity index (χ0n) is 13.6. The molecule has 1 amide bonds. The molecule has 128 valence electrons. The molecule has 0 radical (unpaired) electrons. The fourth-order valence-corrected chi connectivity index (χ4v) is 3.98. The molecule has 1 unspecified atom stereocenters. The van der Waals surface area contributed by atoms with E-state index in [1.54, 1.807) is 0 Å². The summed E-state index contributed by atoms with van der Waals surface area (Å²) < 4.78 is 6.18. The zero-order chi connectivity index (χ0) is 14.5. The molecule has 1 N–H and O–H groups in total.